The maximum atomic E-state index is 13.3. The molecule has 1 aromatic heterocycles. The average molecular weight is 614 g/mol. The molecule has 2 atom stereocenters. The van der Waals surface area contributed by atoms with Crippen molar-refractivity contribution in [2.75, 3.05) is 13.1 Å². The van der Waals surface area contributed by atoms with Crippen molar-refractivity contribution >= 4 is 17.7 Å². The molecule has 1 aliphatic carbocycles. The Morgan fingerprint density at radius 2 is 1.84 bits per heavy atom. The van der Waals surface area contributed by atoms with Crippen LogP contribution >= 0.6 is 0 Å². The van der Waals surface area contributed by atoms with E-state index >= 15 is 0 Å². The molecule has 3 fully saturated rings. The van der Waals surface area contributed by atoms with Crippen LogP contribution in [-0.4, -0.2) is 62.8 Å². The van der Waals surface area contributed by atoms with Gasteiger partial charge in [-0.2, -0.15) is 4.98 Å². The standard InChI is InChI=1S/C35H43N5O5/c1-4-5-6-7-23-16-31(41)39(19-23)20-26-9-8-25(34(43)36-27-18-32(42)40(21-27)28-12-13-28)17-30(26)44-29-14-10-24(11-15-29)35-37-33(22(2)3)38-45-35/h8-11,14-15,17,22-23,27-28H,4-7,12-13,16,18-21H2,1-3H3,(H,36,43). The van der Waals surface area contributed by atoms with Crippen molar-refractivity contribution in [1.82, 2.24) is 25.3 Å². The van der Waals surface area contributed by atoms with Gasteiger partial charge >= 0.3 is 0 Å². The molecule has 10 nitrogen and oxygen atoms in total. The average Bonchev–Trinajstić information content (AvgIpc) is 3.44. The van der Waals surface area contributed by atoms with Gasteiger partial charge in [0.1, 0.15) is 11.5 Å². The summed E-state index contributed by atoms with van der Waals surface area (Å²) in [5.74, 6) is 2.72. The number of nitrogens with zero attached hydrogens (tertiary/aromatic N) is 4. The Bertz CT molecular complexity index is 1530. The summed E-state index contributed by atoms with van der Waals surface area (Å²) in [4.78, 5) is 47.0. The van der Waals surface area contributed by atoms with Crippen molar-refractivity contribution in [3.8, 4) is 23.0 Å². The lowest BCUT2D eigenvalue weighted by molar-refractivity contribution is -0.129. The van der Waals surface area contributed by atoms with E-state index in [1.54, 1.807) is 12.1 Å². The highest BCUT2D eigenvalue weighted by atomic mass is 16.5. The van der Waals surface area contributed by atoms with E-state index in [9.17, 15) is 14.4 Å². The topological polar surface area (TPSA) is 118 Å². The largest absolute Gasteiger partial charge is 0.457 e. The lowest BCUT2D eigenvalue weighted by Gasteiger charge is -2.20. The van der Waals surface area contributed by atoms with Crippen molar-refractivity contribution in [3.63, 3.8) is 0 Å². The number of nitrogens with one attached hydrogen (secondary N) is 1. The second-order valence-electron chi connectivity index (χ2n) is 13.1. The molecular weight excluding hydrogens is 570 g/mol. The van der Waals surface area contributed by atoms with Crippen LogP contribution in [0.25, 0.3) is 11.5 Å². The van der Waals surface area contributed by atoms with E-state index in [0.29, 0.717) is 66.7 Å². The number of hydrogen-bond donors (Lipinski definition) is 1. The smallest absolute Gasteiger partial charge is 0.257 e. The fourth-order valence-corrected chi connectivity index (χ4v) is 6.23. The van der Waals surface area contributed by atoms with Crippen LogP contribution < -0.4 is 10.1 Å². The SMILES string of the molecule is CCCCCC1CC(=O)N(Cc2ccc(C(=O)NC3CC(=O)N(C4CC4)C3)cc2Oc2ccc(-c3nc(C(C)C)no3)cc2)C1. The molecule has 0 bridgehead atoms. The Balaban J connectivity index is 1.19. The molecule has 6 rings (SSSR count). The van der Waals surface area contributed by atoms with E-state index in [-0.39, 0.29) is 29.7 Å². The van der Waals surface area contributed by atoms with Crippen LogP contribution in [-0.2, 0) is 16.1 Å². The maximum Gasteiger partial charge on any atom is 0.257 e. The maximum absolute atomic E-state index is 13.3. The lowest BCUT2D eigenvalue weighted by Crippen LogP contribution is -2.37. The summed E-state index contributed by atoms with van der Waals surface area (Å²) in [6.45, 7) is 7.90. The Morgan fingerprint density at radius 3 is 2.56 bits per heavy atom. The van der Waals surface area contributed by atoms with Crippen LogP contribution in [0.15, 0.2) is 47.0 Å². The third-order valence-electron chi connectivity index (χ3n) is 8.97. The molecule has 3 amide bonds. The molecule has 3 aliphatic rings. The first-order valence-electron chi connectivity index (χ1n) is 16.4. The summed E-state index contributed by atoms with van der Waals surface area (Å²) >= 11 is 0. The quantitative estimate of drug-likeness (QED) is 0.232. The number of carbonyl (C=O) groups excluding carboxylic acids is 3. The zero-order valence-corrected chi connectivity index (χ0v) is 26.5. The monoisotopic (exact) mass is 613 g/mol. The van der Waals surface area contributed by atoms with E-state index in [1.807, 2.05) is 54.0 Å². The number of aromatic nitrogens is 2. The van der Waals surface area contributed by atoms with Gasteiger partial charge in [0.25, 0.3) is 11.8 Å². The molecule has 2 saturated heterocycles. The number of carbonyl (C=O) groups is 3. The fraction of sp³-hybridized carbons (Fsp3) is 0.514. The van der Waals surface area contributed by atoms with Gasteiger partial charge in [-0.05, 0) is 61.6 Å². The number of amides is 3. The van der Waals surface area contributed by atoms with Gasteiger partial charge in [-0.3, -0.25) is 14.4 Å². The molecule has 2 unspecified atom stereocenters. The highest BCUT2D eigenvalue weighted by molar-refractivity contribution is 5.95. The number of likely N-dealkylation sites (tertiary alicyclic amines) is 2. The first-order valence-corrected chi connectivity index (χ1v) is 16.4. The van der Waals surface area contributed by atoms with E-state index in [0.717, 1.165) is 49.8 Å². The predicted molar refractivity (Wildman–Crippen MR) is 169 cm³/mol. The van der Waals surface area contributed by atoms with Gasteiger partial charge in [-0.15, -0.1) is 0 Å². The second kappa shape index (κ2) is 13.4. The summed E-state index contributed by atoms with van der Waals surface area (Å²) in [6.07, 6.45) is 7.54. The third-order valence-corrected chi connectivity index (χ3v) is 8.97. The lowest BCUT2D eigenvalue weighted by atomic mass is 10.0. The van der Waals surface area contributed by atoms with Gasteiger partial charge in [-0.25, -0.2) is 0 Å². The molecule has 45 heavy (non-hydrogen) atoms. The molecule has 3 aromatic rings. The minimum atomic E-state index is -0.247. The number of rotatable bonds is 13. The molecule has 238 valence electrons. The molecule has 10 heteroatoms. The highest BCUT2D eigenvalue weighted by Crippen LogP contribution is 2.33. The van der Waals surface area contributed by atoms with Crippen LogP contribution in [0.2, 0.25) is 0 Å². The third kappa shape index (κ3) is 7.37. The van der Waals surface area contributed by atoms with Crippen LogP contribution in [0.4, 0.5) is 0 Å². The second-order valence-corrected chi connectivity index (χ2v) is 13.1. The number of benzene rings is 2. The van der Waals surface area contributed by atoms with Crippen molar-refractivity contribution in [2.24, 2.45) is 5.92 Å². The van der Waals surface area contributed by atoms with Gasteiger partial charge < -0.3 is 24.4 Å². The summed E-state index contributed by atoms with van der Waals surface area (Å²) < 4.78 is 11.8. The van der Waals surface area contributed by atoms with Crippen molar-refractivity contribution in [2.45, 2.75) is 96.7 Å². The van der Waals surface area contributed by atoms with Gasteiger partial charge in [0.15, 0.2) is 5.82 Å². The van der Waals surface area contributed by atoms with Crippen molar-refractivity contribution < 1.29 is 23.6 Å². The molecular formula is C35H43N5O5. The summed E-state index contributed by atoms with van der Waals surface area (Å²) in [5, 5.41) is 7.10. The number of ether oxygens (including phenoxy) is 1. The number of unbranched alkanes of at least 4 members (excludes halogenated alkanes) is 2. The van der Waals surface area contributed by atoms with Gasteiger partial charge in [0.2, 0.25) is 11.8 Å². The number of hydrogen-bond acceptors (Lipinski definition) is 7. The van der Waals surface area contributed by atoms with E-state index in [2.05, 4.69) is 22.4 Å². The zero-order chi connectivity index (χ0) is 31.5. The van der Waals surface area contributed by atoms with E-state index < -0.39 is 0 Å². The molecule has 2 aliphatic heterocycles. The Morgan fingerprint density at radius 1 is 1.04 bits per heavy atom. The van der Waals surface area contributed by atoms with Crippen molar-refractivity contribution in [1.29, 1.82) is 0 Å². The fourth-order valence-electron chi connectivity index (χ4n) is 6.23. The van der Waals surface area contributed by atoms with Crippen LogP contribution in [0.1, 0.15) is 99.8 Å². The van der Waals surface area contributed by atoms with Crippen LogP contribution in [0.5, 0.6) is 11.5 Å². The van der Waals surface area contributed by atoms with Gasteiger partial charge in [0, 0.05) is 61.1 Å². The Kier molecular flexibility index (Phi) is 9.19. The summed E-state index contributed by atoms with van der Waals surface area (Å²) in [6, 6.07) is 12.9. The molecule has 0 spiro atoms. The normalized spacial score (nSPS) is 20.0. The highest BCUT2D eigenvalue weighted by Gasteiger charge is 2.40. The summed E-state index contributed by atoms with van der Waals surface area (Å²) in [5.41, 5.74) is 2.05. The van der Waals surface area contributed by atoms with Gasteiger partial charge in [0.05, 0.1) is 6.04 Å². The van der Waals surface area contributed by atoms with Crippen LogP contribution in [0.3, 0.4) is 0 Å². The minimum Gasteiger partial charge on any atom is -0.457 e. The van der Waals surface area contributed by atoms with E-state index in [1.165, 1.54) is 6.42 Å². The van der Waals surface area contributed by atoms with Gasteiger partial charge in [-0.1, -0.05) is 51.3 Å². The summed E-state index contributed by atoms with van der Waals surface area (Å²) in [7, 11) is 0. The van der Waals surface area contributed by atoms with Crippen LogP contribution in [0, 0.1) is 5.92 Å². The molecule has 3 heterocycles. The zero-order valence-electron chi connectivity index (χ0n) is 26.5. The van der Waals surface area contributed by atoms with Crippen molar-refractivity contribution in [3.05, 3.63) is 59.4 Å². The van der Waals surface area contributed by atoms with E-state index in [4.69, 9.17) is 9.26 Å². The molecule has 1 saturated carbocycles. The molecule has 1 N–H and O–H groups in total. The molecule has 2 aromatic carbocycles. The first-order chi connectivity index (χ1) is 21.8. The minimum absolute atomic E-state index is 0.106. The first kappa shape index (κ1) is 30.8. The molecule has 0 radical (unpaired) electrons. The Hall–Kier alpha value is -4.21. The predicted octanol–water partition coefficient (Wildman–Crippen LogP) is 6.07. The Labute approximate surface area is 264 Å².